The topological polar surface area (TPSA) is 50.9 Å². The molecule has 0 radical (unpaired) electrons. The second kappa shape index (κ2) is 5.99. The molecule has 0 aliphatic rings. The van der Waals surface area contributed by atoms with Crippen molar-refractivity contribution in [2.24, 2.45) is 0 Å². The molecule has 1 rings (SSSR count). The van der Waals surface area contributed by atoms with Crippen LogP contribution in [0.2, 0.25) is 0 Å². The molecule has 74 valence electrons. The first-order chi connectivity index (χ1) is 6.36. The van der Waals surface area contributed by atoms with Gasteiger partial charge in [-0.15, -0.1) is 5.10 Å². The molecule has 0 bridgehead atoms. The van der Waals surface area contributed by atoms with Crippen molar-refractivity contribution in [2.45, 2.75) is 26.5 Å². The Morgan fingerprint density at radius 3 is 3.08 bits per heavy atom. The van der Waals surface area contributed by atoms with Crippen LogP contribution in [-0.4, -0.2) is 31.6 Å². The van der Waals surface area contributed by atoms with Gasteiger partial charge in [-0.1, -0.05) is 12.1 Å². The molecule has 0 saturated carbocycles. The van der Waals surface area contributed by atoms with E-state index < -0.39 is 0 Å². The van der Waals surface area contributed by atoms with Gasteiger partial charge in [0.1, 0.15) is 5.69 Å². The zero-order chi connectivity index (χ0) is 9.52. The average molecular weight is 201 g/mol. The first-order valence-electron chi connectivity index (χ1n) is 4.44. The summed E-state index contributed by atoms with van der Waals surface area (Å²) in [6.45, 7) is 3.02. The third kappa shape index (κ3) is 3.78. The van der Waals surface area contributed by atoms with Gasteiger partial charge < -0.3 is 5.11 Å². The second-order valence-electron chi connectivity index (χ2n) is 2.68. The normalized spacial score (nSPS) is 10.6. The van der Waals surface area contributed by atoms with Gasteiger partial charge in [0.25, 0.3) is 0 Å². The van der Waals surface area contributed by atoms with Crippen molar-refractivity contribution in [3.8, 4) is 0 Å². The fourth-order valence-electron chi connectivity index (χ4n) is 0.993. The standard InChI is InChI=1S/C8H15N3OS/c1-2-13-5-3-4-11-6-8(7-12)9-10-11/h6,12H,2-5,7H2,1H3. The minimum absolute atomic E-state index is 0.0241. The summed E-state index contributed by atoms with van der Waals surface area (Å²) in [6.07, 6.45) is 2.89. The molecule has 1 aromatic rings. The molecule has 0 atom stereocenters. The molecule has 1 aromatic heterocycles. The van der Waals surface area contributed by atoms with Crippen LogP contribution in [0.5, 0.6) is 0 Å². The molecule has 4 nitrogen and oxygen atoms in total. The van der Waals surface area contributed by atoms with E-state index in [1.807, 2.05) is 11.8 Å². The molecule has 0 amide bonds. The Morgan fingerprint density at radius 2 is 2.46 bits per heavy atom. The van der Waals surface area contributed by atoms with Gasteiger partial charge in [-0.2, -0.15) is 11.8 Å². The molecule has 0 aliphatic heterocycles. The van der Waals surface area contributed by atoms with Crippen molar-refractivity contribution in [1.82, 2.24) is 15.0 Å². The zero-order valence-corrected chi connectivity index (χ0v) is 8.63. The molecule has 13 heavy (non-hydrogen) atoms. The lowest BCUT2D eigenvalue weighted by Gasteiger charge is -1.98. The first-order valence-corrected chi connectivity index (χ1v) is 5.60. The maximum absolute atomic E-state index is 8.74. The molecule has 5 heteroatoms. The Kier molecular flexibility index (Phi) is 4.85. The molecular weight excluding hydrogens is 186 g/mol. The van der Waals surface area contributed by atoms with Gasteiger partial charge in [0.15, 0.2) is 0 Å². The monoisotopic (exact) mass is 201 g/mol. The van der Waals surface area contributed by atoms with Crippen LogP contribution < -0.4 is 0 Å². The van der Waals surface area contributed by atoms with Crippen molar-refractivity contribution in [2.75, 3.05) is 11.5 Å². The highest BCUT2D eigenvalue weighted by atomic mass is 32.2. The molecular formula is C8H15N3OS. The van der Waals surface area contributed by atoms with Crippen molar-refractivity contribution in [1.29, 1.82) is 0 Å². The smallest absolute Gasteiger partial charge is 0.108 e. The number of aliphatic hydroxyl groups excluding tert-OH is 1. The van der Waals surface area contributed by atoms with E-state index >= 15 is 0 Å². The van der Waals surface area contributed by atoms with Gasteiger partial charge in [-0.3, -0.25) is 4.68 Å². The molecule has 0 fully saturated rings. The Labute approximate surface area is 82.3 Å². The summed E-state index contributed by atoms with van der Waals surface area (Å²) in [5.74, 6) is 2.32. The van der Waals surface area contributed by atoms with Gasteiger partial charge in [0.05, 0.1) is 12.8 Å². The van der Waals surface area contributed by atoms with Gasteiger partial charge in [0, 0.05) is 6.54 Å². The molecule has 0 aromatic carbocycles. The number of rotatable bonds is 6. The fourth-order valence-corrected chi connectivity index (χ4v) is 1.62. The minimum atomic E-state index is -0.0241. The van der Waals surface area contributed by atoms with E-state index in [1.165, 1.54) is 5.75 Å². The van der Waals surface area contributed by atoms with Gasteiger partial charge in [-0.25, -0.2) is 0 Å². The van der Waals surface area contributed by atoms with E-state index in [-0.39, 0.29) is 6.61 Å². The van der Waals surface area contributed by atoms with Crippen LogP contribution >= 0.6 is 11.8 Å². The van der Waals surface area contributed by atoms with Crippen LogP contribution in [0.15, 0.2) is 6.20 Å². The van der Waals surface area contributed by atoms with Crippen molar-refractivity contribution in [3.63, 3.8) is 0 Å². The Hall–Kier alpha value is -0.550. The highest BCUT2D eigenvalue weighted by Crippen LogP contribution is 2.02. The SMILES string of the molecule is CCSCCCn1cc(CO)nn1. The largest absolute Gasteiger partial charge is 0.390 e. The van der Waals surface area contributed by atoms with E-state index in [1.54, 1.807) is 10.9 Å². The third-order valence-electron chi connectivity index (χ3n) is 1.63. The van der Waals surface area contributed by atoms with Crippen LogP contribution in [0.3, 0.4) is 0 Å². The Bertz CT molecular complexity index is 239. The van der Waals surface area contributed by atoms with E-state index in [0.29, 0.717) is 5.69 Å². The van der Waals surface area contributed by atoms with E-state index in [9.17, 15) is 0 Å². The van der Waals surface area contributed by atoms with Gasteiger partial charge in [-0.05, 0) is 17.9 Å². The summed E-state index contributed by atoms with van der Waals surface area (Å²) in [6, 6.07) is 0. The maximum atomic E-state index is 8.74. The van der Waals surface area contributed by atoms with Crippen LogP contribution in [0.4, 0.5) is 0 Å². The molecule has 1 heterocycles. The quantitative estimate of drug-likeness (QED) is 0.695. The first kappa shape index (κ1) is 10.5. The predicted octanol–water partition coefficient (Wildman–Crippen LogP) is 0.914. The number of aromatic nitrogens is 3. The number of hydrogen-bond acceptors (Lipinski definition) is 4. The number of nitrogens with zero attached hydrogens (tertiary/aromatic N) is 3. The van der Waals surface area contributed by atoms with E-state index in [0.717, 1.165) is 18.7 Å². The highest BCUT2D eigenvalue weighted by molar-refractivity contribution is 7.99. The van der Waals surface area contributed by atoms with Gasteiger partial charge in [0.2, 0.25) is 0 Å². The molecule has 0 unspecified atom stereocenters. The lowest BCUT2D eigenvalue weighted by molar-refractivity contribution is 0.276. The van der Waals surface area contributed by atoms with E-state index in [4.69, 9.17) is 5.11 Å². The summed E-state index contributed by atoms with van der Waals surface area (Å²) in [7, 11) is 0. The Balaban J connectivity index is 2.20. The van der Waals surface area contributed by atoms with Crippen molar-refractivity contribution < 1.29 is 5.11 Å². The number of thioether (sulfide) groups is 1. The number of aryl methyl sites for hydroxylation is 1. The fraction of sp³-hybridized carbons (Fsp3) is 0.750. The second-order valence-corrected chi connectivity index (χ2v) is 4.08. The molecule has 0 aliphatic carbocycles. The summed E-state index contributed by atoms with van der Waals surface area (Å²) < 4.78 is 1.78. The van der Waals surface area contributed by atoms with Crippen LogP contribution in [-0.2, 0) is 13.2 Å². The molecule has 0 saturated heterocycles. The summed E-state index contributed by atoms with van der Waals surface area (Å²) >= 11 is 1.93. The summed E-state index contributed by atoms with van der Waals surface area (Å²) in [4.78, 5) is 0. The summed E-state index contributed by atoms with van der Waals surface area (Å²) in [5.41, 5.74) is 0.642. The maximum Gasteiger partial charge on any atom is 0.108 e. The zero-order valence-electron chi connectivity index (χ0n) is 7.81. The van der Waals surface area contributed by atoms with Gasteiger partial charge >= 0.3 is 0 Å². The highest BCUT2D eigenvalue weighted by Gasteiger charge is 1.97. The Morgan fingerprint density at radius 1 is 1.62 bits per heavy atom. The van der Waals surface area contributed by atoms with Crippen molar-refractivity contribution >= 4 is 11.8 Å². The minimum Gasteiger partial charge on any atom is -0.390 e. The van der Waals surface area contributed by atoms with Crippen LogP contribution in [0.25, 0.3) is 0 Å². The number of aliphatic hydroxyl groups is 1. The number of hydrogen-bond donors (Lipinski definition) is 1. The predicted molar refractivity (Wildman–Crippen MR) is 53.6 cm³/mol. The van der Waals surface area contributed by atoms with Crippen LogP contribution in [0.1, 0.15) is 19.0 Å². The lowest BCUT2D eigenvalue weighted by atomic mass is 10.5. The summed E-state index contributed by atoms with van der Waals surface area (Å²) in [5, 5.41) is 16.4. The molecule has 0 spiro atoms. The van der Waals surface area contributed by atoms with Crippen LogP contribution in [0, 0.1) is 0 Å². The molecule has 1 N–H and O–H groups in total. The van der Waals surface area contributed by atoms with Crippen molar-refractivity contribution in [3.05, 3.63) is 11.9 Å². The lowest BCUT2D eigenvalue weighted by Crippen LogP contribution is -1.99. The third-order valence-corrected chi connectivity index (χ3v) is 2.61. The average Bonchev–Trinajstić information content (AvgIpc) is 2.60. The van der Waals surface area contributed by atoms with E-state index in [2.05, 4.69) is 17.2 Å².